The molecule has 5 nitrogen and oxygen atoms in total. The van der Waals surface area contributed by atoms with Gasteiger partial charge in [-0.05, 0) is 17.7 Å². The number of ether oxygens (including phenoxy) is 2. The molecule has 2 N–H and O–H groups in total. The van der Waals surface area contributed by atoms with E-state index in [2.05, 4.69) is 5.32 Å². The highest BCUT2D eigenvalue weighted by Gasteiger charge is 2.25. The number of halogens is 2. The van der Waals surface area contributed by atoms with Crippen molar-refractivity contribution in [2.24, 2.45) is 0 Å². The van der Waals surface area contributed by atoms with Crippen molar-refractivity contribution in [2.75, 3.05) is 19.5 Å². The molecule has 0 aliphatic carbocycles. The van der Waals surface area contributed by atoms with Gasteiger partial charge in [0.2, 0.25) is 5.91 Å². The Kier molecular flexibility index (Phi) is 7.37. The van der Waals surface area contributed by atoms with Crippen LogP contribution in [0.1, 0.15) is 11.7 Å². The van der Waals surface area contributed by atoms with E-state index < -0.39 is 12.2 Å². The molecule has 0 saturated carbocycles. The zero-order valence-electron chi connectivity index (χ0n) is 13.6. The molecule has 2 rings (SSSR count). The Labute approximate surface area is 156 Å². The molecular formula is C18H19Cl2NO4. The smallest absolute Gasteiger partial charge is 0.235 e. The van der Waals surface area contributed by atoms with Gasteiger partial charge in [0, 0.05) is 17.6 Å². The van der Waals surface area contributed by atoms with E-state index in [-0.39, 0.29) is 18.3 Å². The molecule has 0 spiro atoms. The number of nitrogens with one attached hydrogen (secondary N) is 1. The molecule has 0 fully saturated rings. The lowest BCUT2D eigenvalue weighted by Crippen LogP contribution is -2.37. The summed E-state index contributed by atoms with van der Waals surface area (Å²) in [5.74, 6) is 0.347. The van der Waals surface area contributed by atoms with Crippen molar-refractivity contribution < 1.29 is 19.4 Å². The molecule has 2 aromatic rings. The fourth-order valence-electron chi connectivity index (χ4n) is 2.26. The van der Waals surface area contributed by atoms with Crippen LogP contribution in [-0.2, 0) is 4.79 Å². The van der Waals surface area contributed by atoms with Crippen LogP contribution in [0.15, 0.2) is 48.5 Å². The number of methoxy groups -OCH3 is 1. The normalized spacial score (nSPS) is 13.0. The third kappa shape index (κ3) is 5.53. The van der Waals surface area contributed by atoms with Crippen LogP contribution < -0.4 is 14.8 Å². The van der Waals surface area contributed by atoms with Crippen molar-refractivity contribution >= 4 is 29.1 Å². The Morgan fingerprint density at radius 1 is 1.20 bits per heavy atom. The number of carbonyl (C=O) groups is 1. The number of amides is 1. The molecule has 0 saturated heterocycles. The van der Waals surface area contributed by atoms with Gasteiger partial charge in [0.15, 0.2) is 17.6 Å². The highest BCUT2D eigenvalue weighted by molar-refractivity contribution is 6.30. The van der Waals surface area contributed by atoms with Crippen LogP contribution in [0.3, 0.4) is 0 Å². The molecule has 25 heavy (non-hydrogen) atoms. The summed E-state index contributed by atoms with van der Waals surface area (Å²) in [6, 6.07) is 14.2. The zero-order chi connectivity index (χ0) is 18.2. The van der Waals surface area contributed by atoms with E-state index >= 15 is 0 Å². The summed E-state index contributed by atoms with van der Waals surface area (Å²) >= 11 is 11.4. The maximum absolute atomic E-state index is 11.3. The number of benzene rings is 2. The first-order valence-electron chi connectivity index (χ1n) is 7.61. The predicted octanol–water partition coefficient (Wildman–Crippen LogP) is 3.18. The molecule has 0 aliphatic rings. The Morgan fingerprint density at radius 3 is 2.56 bits per heavy atom. The highest BCUT2D eigenvalue weighted by atomic mass is 35.5. The van der Waals surface area contributed by atoms with Crippen molar-refractivity contribution in [3.8, 4) is 11.5 Å². The van der Waals surface area contributed by atoms with Gasteiger partial charge in [0.25, 0.3) is 0 Å². The second-order valence-corrected chi connectivity index (χ2v) is 5.95. The van der Waals surface area contributed by atoms with Crippen molar-refractivity contribution in [2.45, 2.75) is 12.2 Å². The van der Waals surface area contributed by atoms with Crippen LogP contribution in [0.4, 0.5) is 0 Å². The first-order chi connectivity index (χ1) is 12.0. The summed E-state index contributed by atoms with van der Waals surface area (Å²) in [5.41, 5.74) is 0.757. The van der Waals surface area contributed by atoms with Gasteiger partial charge >= 0.3 is 0 Å². The molecule has 0 aromatic heterocycles. The van der Waals surface area contributed by atoms with Crippen molar-refractivity contribution in [3.63, 3.8) is 0 Å². The number of hydrogen-bond acceptors (Lipinski definition) is 4. The summed E-state index contributed by atoms with van der Waals surface area (Å²) in [6.07, 6.45) is -1.71. The summed E-state index contributed by atoms with van der Waals surface area (Å²) in [7, 11) is 1.51. The van der Waals surface area contributed by atoms with Gasteiger partial charge in [-0.3, -0.25) is 4.79 Å². The monoisotopic (exact) mass is 383 g/mol. The third-order valence-corrected chi connectivity index (χ3v) is 3.96. The van der Waals surface area contributed by atoms with Crippen LogP contribution in [0.2, 0.25) is 5.02 Å². The second-order valence-electron chi connectivity index (χ2n) is 5.25. The van der Waals surface area contributed by atoms with Crippen LogP contribution in [-0.4, -0.2) is 36.7 Å². The number of aliphatic hydroxyl groups is 1. The molecule has 7 heteroatoms. The number of alkyl halides is 1. The van der Waals surface area contributed by atoms with Crippen molar-refractivity contribution in [1.29, 1.82) is 0 Å². The van der Waals surface area contributed by atoms with Gasteiger partial charge < -0.3 is 19.9 Å². The quantitative estimate of drug-likeness (QED) is 0.686. The van der Waals surface area contributed by atoms with E-state index in [1.54, 1.807) is 18.2 Å². The van der Waals surface area contributed by atoms with E-state index in [4.69, 9.17) is 32.7 Å². The topological polar surface area (TPSA) is 67.8 Å². The lowest BCUT2D eigenvalue weighted by molar-refractivity contribution is -0.119. The maximum atomic E-state index is 11.3. The van der Waals surface area contributed by atoms with Gasteiger partial charge in [0.1, 0.15) is 12.0 Å². The standard InChI is InChI=1S/C18H19Cl2NO4/c1-24-16-9-13(20)7-8-15(16)25-18(12-5-3-2-4-6-12)14(22)11-21-17(23)10-19/h2-9,14,18,22H,10-11H2,1H3,(H,21,23). The summed E-state index contributed by atoms with van der Waals surface area (Å²) in [4.78, 5) is 11.3. The van der Waals surface area contributed by atoms with Gasteiger partial charge in [-0.15, -0.1) is 11.6 Å². The van der Waals surface area contributed by atoms with E-state index in [1.807, 2.05) is 30.3 Å². The van der Waals surface area contributed by atoms with Crippen LogP contribution in [0.5, 0.6) is 11.5 Å². The molecule has 0 bridgehead atoms. The summed E-state index contributed by atoms with van der Waals surface area (Å²) in [5, 5.41) is 13.6. The van der Waals surface area contributed by atoms with Crippen LogP contribution >= 0.6 is 23.2 Å². The Morgan fingerprint density at radius 2 is 1.92 bits per heavy atom. The van der Waals surface area contributed by atoms with E-state index in [9.17, 15) is 9.90 Å². The SMILES string of the molecule is COc1cc(Cl)ccc1OC(c1ccccc1)C(O)CNC(=O)CCl. The molecular weight excluding hydrogens is 365 g/mol. The zero-order valence-corrected chi connectivity index (χ0v) is 15.1. The van der Waals surface area contributed by atoms with E-state index in [0.717, 1.165) is 5.56 Å². The third-order valence-electron chi connectivity index (χ3n) is 3.49. The largest absolute Gasteiger partial charge is 0.493 e. The fraction of sp³-hybridized carbons (Fsp3) is 0.278. The van der Waals surface area contributed by atoms with Gasteiger partial charge in [-0.25, -0.2) is 0 Å². The molecule has 1 amide bonds. The Bertz CT molecular complexity index is 697. The minimum Gasteiger partial charge on any atom is -0.493 e. The lowest BCUT2D eigenvalue weighted by atomic mass is 10.0. The van der Waals surface area contributed by atoms with E-state index in [1.165, 1.54) is 7.11 Å². The van der Waals surface area contributed by atoms with Gasteiger partial charge in [0.05, 0.1) is 7.11 Å². The van der Waals surface area contributed by atoms with Crippen molar-refractivity contribution in [3.05, 3.63) is 59.1 Å². The van der Waals surface area contributed by atoms with Gasteiger partial charge in [-0.1, -0.05) is 41.9 Å². The molecule has 2 atom stereocenters. The number of carbonyl (C=O) groups excluding carboxylic acids is 1. The first-order valence-corrected chi connectivity index (χ1v) is 8.52. The number of rotatable bonds is 8. The van der Waals surface area contributed by atoms with Gasteiger partial charge in [-0.2, -0.15) is 0 Å². The molecule has 134 valence electrons. The molecule has 0 heterocycles. The van der Waals surface area contributed by atoms with Crippen molar-refractivity contribution in [1.82, 2.24) is 5.32 Å². The average Bonchev–Trinajstić information content (AvgIpc) is 2.65. The van der Waals surface area contributed by atoms with Crippen LogP contribution in [0.25, 0.3) is 0 Å². The first kappa shape index (κ1) is 19.4. The Balaban J connectivity index is 2.25. The number of aliphatic hydroxyl groups excluding tert-OH is 1. The predicted molar refractivity (Wildman–Crippen MR) is 97.6 cm³/mol. The van der Waals surface area contributed by atoms with Crippen LogP contribution in [0, 0.1) is 0 Å². The minimum absolute atomic E-state index is 0.00101. The molecule has 2 aromatic carbocycles. The fourth-order valence-corrected chi connectivity index (χ4v) is 2.52. The Hall–Kier alpha value is -1.95. The molecule has 0 radical (unpaired) electrons. The van der Waals surface area contributed by atoms with E-state index in [0.29, 0.717) is 16.5 Å². The number of hydrogen-bond donors (Lipinski definition) is 2. The minimum atomic E-state index is -0.991. The highest BCUT2D eigenvalue weighted by Crippen LogP contribution is 2.34. The maximum Gasteiger partial charge on any atom is 0.235 e. The molecule has 2 unspecified atom stereocenters. The lowest BCUT2D eigenvalue weighted by Gasteiger charge is -2.25. The summed E-state index contributed by atoms with van der Waals surface area (Å²) in [6.45, 7) is 0.00101. The second kappa shape index (κ2) is 9.51. The average molecular weight is 384 g/mol. The molecule has 0 aliphatic heterocycles. The summed E-state index contributed by atoms with van der Waals surface area (Å²) < 4.78 is 11.3.